The van der Waals surface area contributed by atoms with E-state index in [0.29, 0.717) is 6.61 Å². The zero-order chi connectivity index (χ0) is 13.9. The van der Waals surface area contributed by atoms with E-state index >= 15 is 0 Å². The molecule has 0 aromatic heterocycles. The van der Waals surface area contributed by atoms with E-state index in [0.717, 1.165) is 6.42 Å². The molecule has 0 saturated carbocycles. The maximum atomic E-state index is 11.0. The van der Waals surface area contributed by atoms with E-state index in [4.69, 9.17) is 4.74 Å². The third kappa shape index (κ3) is 7.38. The molecule has 0 N–H and O–H groups in total. The minimum absolute atomic E-state index is 0.283. The van der Waals surface area contributed by atoms with E-state index in [1.54, 1.807) is 0 Å². The molecule has 2 nitrogen and oxygen atoms in total. The summed E-state index contributed by atoms with van der Waals surface area (Å²) in [5.41, 5.74) is 0. The van der Waals surface area contributed by atoms with Gasteiger partial charge in [0, 0.05) is 0 Å². The van der Waals surface area contributed by atoms with Crippen LogP contribution in [-0.2, 0) is 26.1 Å². The molecule has 0 aliphatic carbocycles. The van der Waals surface area contributed by atoms with Crippen LogP contribution >= 0.6 is 0 Å². The molecule has 0 saturated heterocycles. The quantitative estimate of drug-likeness (QED) is 0.227. The van der Waals surface area contributed by atoms with E-state index in [1.165, 1.54) is 44.2 Å². The van der Waals surface area contributed by atoms with Crippen molar-refractivity contribution in [3.63, 3.8) is 0 Å². The van der Waals surface area contributed by atoms with Gasteiger partial charge in [-0.3, -0.25) is 0 Å². The first-order valence-corrected chi connectivity index (χ1v) is 11.8. The normalized spacial score (nSPS) is 11.3. The van der Waals surface area contributed by atoms with Crippen molar-refractivity contribution >= 4 is 5.97 Å². The van der Waals surface area contributed by atoms with Gasteiger partial charge in [-0.25, -0.2) is 0 Å². The van der Waals surface area contributed by atoms with Gasteiger partial charge in [0.25, 0.3) is 0 Å². The summed E-state index contributed by atoms with van der Waals surface area (Å²) >= 11 is -1.64. The van der Waals surface area contributed by atoms with E-state index in [-0.39, 0.29) is 5.97 Å². The third-order valence-electron chi connectivity index (χ3n) is 3.60. The van der Waals surface area contributed by atoms with E-state index in [1.807, 2.05) is 0 Å². The van der Waals surface area contributed by atoms with Crippen LogP contribution in [0.3, 0.4) is 0 Å². The molecule has 0 fully saturated rings. The van der Waals surface area contributed by atoms with Crippen molar-refractivity contribution in [2.75, 3.05) is 6.61 Å². The van der Waals surface area contributed by atoms with Crippen LogP contribution in [0.15, 0.2) is 12.7 Å². The zero-order valence-electron chi connectivity index (χ0n) is 12.5. The fourth-order valence-corrected chi connectivity index (χ4v) is 11.7. The van der Waals surface area contributed by atoms with Crippen LogP contribution in [0, 0.1) is 0 Å². The molecular weight excluding hydrogens is 260 g/mol. The second-order valence-corrected chi connectivity index (χ2v) is 13.0. The number of carbonyl (C=O) groups is 1. The average Bonchev–Trinajstić information content (AvgIpc) is 2.35. The number of rotatable bonds is 11. The van der Waals surface area contributed by atoms with Gasteiger partial charge in [-0.1, -0.05) is 0 Å². The molecule has 0 aromatic rings. The summed E-state index contributed by atoms with van der Waals surface area (Å²) in [6, 6.07) is 0. The molecule has 18 heavy (non-hydrogen) atoms. The Morgan fingerprint density at radius 1 is 1.06 bits per heavy atom. The predicted octanol–water partition coefficient (Wildman–Crippen LogP) is 5.16. The van der Waals surface area contributed by atoms with Crippen LogP contribution in [0.4, 0.5) is 0 Å². The molecule has 0 unspecified atom stereocenters. The number of carbonyl (C=O) groups excluding carboxylic acids is 1. The fraction of sp³-hybridized carbons (Fsp3) is 0.800. The summed E-state index contributed by atoms with van der Waals surface area (Å²) in [5, 5.41) is 0. The molecule has 0 aliphatic rings. The van der Waals surface area contributed by atoms with Crippen LogP contribution < -0.4 is 0 Å². The molecule has 0 radical (unpaired) electrons. The van der Waals surface area contributed by atoms with E-state index in [9.17, 15) is 4.79 Å². The van der Waals surface area contributed by atoms with Crippen LogP contribution in [0.2, 0.25) is 18.9 Å². The van der Waals surface area contributed by atoms with Crippen molar-refractivity contribution in [2.24, 2.45) is 0 Å². The molecule has 0 rings (SSSR count). The van der Waals surface area contributed by atoms with Gasteiger partial charge >= 0.3 is 117 Å². The monoisotopic (exact) mass is 290 g/mol. The van der Waals surface area contributed by atoms with Gasteiger partial charge in [-0.05, 0) is 0 Å². The summed E-state index contributed by atoms with van der Waals surface area (Å²) in [4.78, 5) is 11.0. The van der Waals surface area contributed by atoms with Gasteiger partial charge in [0.05, 0.1) is 0 Å². The van der Waals surface area contributed by atoms with Gasteiger partial charge in [0.1, 0.15) is 0 Å². The van der Waals surface area contributed by atoms with Crippen LogP contribution in [0.1, 0.15) is 46.5 Å². The number of ether oxygens (including phenoxy) is 1. The van der Waals surface area contributed by atoms with Crippen molar-refractivity contribution in [3.8, 4) is 0 Å². The molecule has 0 amide bonds. The van der Waals surface area contributed by atoms with Crippen molar-refractivity contribution < 1.29 is 26.1 Å². The predicted molar refractivity (Wildman–Crippen MR) is 75.9 cm³/mol. The van der Waals surface area contributed by atoms with Gasteiger partial charge in [-0.15, -0.1) is 0 Å². The molecule has 0 aromatic carbocycles. The first kappa shape index (κ1) is 17.9. The Morgan fingerprint density at radius 3 is 1.94 bits per heavy atom. The second kappa shape index (κ2) is 10.8. The zero-order valence-corrected chi connectivity index (χ0v) is 14.0. The molecule has 106 valence electrons. The summed E-state index contributed by atoms with van der Waals surface area (Å²) in [5.74, 6) is -0.283. The molecule has 0 bridgehead atoms. The number of hydrogen-bond donors (Lipinski definition) is 0. The summed E-state index contributed by atoms with van der Waals surface area (Å²) in [6.07, 6.45) is 6.28. The molecule has 3 heteroatoms. The Balaban J connectivity index is 4.20. The number of hydrogen-bond acceptors (Lipinski definition) is 2. The average molecular weight is 290 g/mol. The van der Waals surface area contributed by atoms with Crippen molar-refractivity contribution in [1.29, 1.82) is 0 Å². The number of esters is 1. The van der Waals surface area contributed by atoms with Crippen LogP contribution in [0.5, 0.6) is 0 Å². The molecule has 0 atom stereocenters. The summed E-state index contributed by atoms with van der Waals surface area (Å²) in [7, 11) is 0. The van der Waals surface area contributed by atoms with Crippen LogP contribution in [0.25, 0.3) is 0 Å². The minimum atomic E-state index is -1.64. The Hall–Kier alpha value is -0.0757. The SMILES string of the molecule is C=CC(=O)OCC[CH2][Ti]([CH2]CC)([CH2]CC)[CH2]CC. The van der Waals surface area contributed by atoms with Crippen molar-refractivity contribution in [3.05, 3.63) is 12.7 Å². The molecule has 0 spiro atoms. The Labute approximate surface area is 117 Å². The molecule has 0 heterocycles. The summed E-state index contributed by atoms with van der Waals surface area (Å²) < 4.78 is 10.9. The van der Waals surface area contributed by atoms with Crippen molar-refractivity contribution in [2.45, 2.75) is 65.4 Å². The van der Waals surface area contributed by atoms with Gasteiger partial charge < -0.3 is 0 Å². The topological polar surface area (TPSA) is 26.3 Å². The van der Waals surface area contributed by atoms with Gasteiger partial charge in [-0.2, -0.15) is 0 Å². The van der Waals surface area contributed by atoms with Crippen LogP contribution in [-0.4, -0.2) is 12.6 Å². The van der Waals surface area contributed by atoms with E-state index in [2.05, 4.69) is 27.4 Å². The van der Waals surface area contributed by atoms with Gasteiger partial charge in [0.2, 0.25) is 0 Å². The molecular formula is C15H30O2Ti. The maximum absolute atomic E-state index is 11.0. The van der Waals surface area contributed by atoms with Crippen molar-refractivity contribution in [1.82, 2.24) is 0 Å². The Kier molecular flexibility index (Phi) is 10.8. The first-order valence-electron chi connectivity index (χ1n) is 7.43. The fourth-order valence-electron chi connectivity index (χ4n) is 3.02. The third-order valence-corrected chi connectivity index (χ3v) is 13.1. The Bertz CT molecular complexity index is 222. The van der Waals surface area contributed by atoms with Gasteiger partial charge in [0.15, 0.2) is 0 Å². The second-order valence-electron chi connectivity index (χ2n) is 5.23. The van der Waals surface area contributed by atoms with E-state index < -0.39 is 16.6 Å². The summed E-state index contributed by atoms with van der Waals surface area (Å²) in [6.45, 7) is 10.9. The standard InChI is InChI=1S/C6H9O2.3C3H7.Ti/c1-3-5-8-6(7)4-2;3*1-3-2;/h4H,1-3,5H2;3*1,3H2,2H3;. The first-order chi connectivity index (χ1) is 8.64. The Morgan fingerprint density at radius 2 is 1.56 bits per heavy atom. The molecule has 0 aliphatic heterocycles.